The van der Waals surface area contributed by atoms with Crippen molar-refractivity contribution in [1.29, 1.82) is 0 Å². The van der Waals surface area contributed by atoms with E-state index in [-0.39, 0.29) is 11.3 Å². The van der Waals surface area contributed by atoms with Crippen molar-refractivity contribution in [2.75, 3.05) is 24.7 Å². The highest BCUT2D eigenvalue weighted by molar-refractivity contribution is 8.15. The normalized spacial score (nSPS) is 25.4. The zero-order valence-electron chi connectivity index (χ0n) is 16.1. The van der Waals surface area contributed by atoms with E-state index in [1.165, 1.54) is 12.0 Å². The van der Waals surface area contributed by atoms with E-state index in [0.717, 1.165) is 42.6 Å². The zero-order chi connectivity index (χ0) is 18.0. The first-order valence-corrected chi connectivity index (χ1v) is 11.2. The standard InChI is InChI=1S/C22H32O2S/c1-16-15-19(16)17-5-7-18(8-6-17)21(23)20(22(2,3)4)9-12-25-13-10-24-11-14-25/h5-8,12,16,19-20H,9-11,13-15H2,1-4H3. The van der Waals surface area contributed by atoms with Gasteiger partial charge in [0.1, 0.15) is 0 Å². The molecule has 25 heavy (non-hydrogen) atoms. The Balaban J connectivity index is 1.72. The predicted octanol–water partition coefficient (Wildman–Crippen LogP) is 5.15. The molecule has 0 spiro atoms. The maximum Gasteiger partial charge on any atom is 0.166 e. The van der Waals surface area contributed by atoms with Crippen molar-refractivity contribution in [3.63, 3.8) is 0 Å². The SMILES string of the molecule is CC1CC1c1ccc(C(=O)C(CC=S2CCOCC2)C(C)(C)C)cc1. The van der Waals surface area contributed by atoms with Crippen molar-refractivity contribution in [2.45, 2.75) is 46.5 Å². The molecule has 3 atom stereocenters. The summed E-state index contributed by atoms with van der Waals surface area (Å²) in [6.07, 6.45) is 2.17. The molecular weight excluding hydrogens is 328 g/mol. The molecule has 0 amide bonds. The molecule has 3 rings (SSSR count). The van der Waals surface area contributed by atoms with E-state index in [4.69, 9.17) is 4.74 Å². The molecule has 1 aliphatic heterocycles. The summed E-state index contributed by atoms with van der Waals surface area (Å²) in [5.74, 6) is 4.12. The molecule has 2 fully saturated rings. The number of rotatable bonds is 5. The van der Waals surface area contributed by atoms with Gasteiger partial charge in [-0.3, -0.25) is 4.79 Å². The third-order valence-electron chi connectivity index (χ3n) is 5.64. The number of hydrogen-bond donors (Lipinski definition) is 0. The minimum absolute atomic E-state index is 0.0209. The van der Waals surface area contributed by atoms with Gasteiger partial charge < -0.3 is 4.74 Å². The Morgan fingerprint density at radius 3 is 2.36 bits per heavy atom. The van der Waals surface area contributed by atoms with E-state index >= 15 is 0 Å². The number of ether oxygens (including phenoxy) is 1. The summed E-state index contributed by atoms with van der Waals surface area (Å²) in [6.45, 7) is 10.6. The summed E-state index contributed by atoms with van der Waals surface area (Å²) in [4.78, 5) is 13.2. The lowest BCUT2D eigenvalue weighted by Crippen LogP contribution is -2.29. The smallest absolute Gasteiger partial charge is 0.166 e. The Morgan fingerprint density at radius 2 is 1.84 bits per heavy atom. The molecule has 1 aromatic carbocycles. The van der Waals surface area contributed by atoms with Gasteiger partial charge in [0.2, 0.25) is 0 Å². The highest BCUT2D eigenvalue weighted by atomic mass is 32.2. The largest absolute Gasteiger partial charge is 0.380 e. The molecular formula is C22H32O2S. The minimum atomic E-state index is -0.0209. The van der Waals surface area contributed by atoms with Crippen LogP contribution >= 0.6 is 10.5 Å². The van der Waals surface area contributed by atoms with E-state index in [2.05, 4.69) is 57.3 Å². The van der Waals surface area contributed by atoms with E-state index < -0.39 is 0 Å². The van der Waals surface area contributed by atoms with Gasteiger partial charge >= 0.3 is 0 Å². The number of hydrogen-bond acceptors (Lipinski definition) is 2. The summed E-state index contributed by atoms with van der Waals surface area (Å²) in [5.41, 5.74) is 2.25. The Hall–Kier alpha value is -0.930. The third kappa shape index (κ3) is 4.83. The van der Waals surface area contributed by atoms with Crippen LogP contribution in [0.2, 0.25) is 0 Å². The Kier molecular flexibility index (Phi) is 5.85. The average Bonchev–Trinajstić information content (AvgIpc) is 3.31. The van der Waals surface area contributed by atoms with Gasteiger partial charge in [0.05, 0.1) is 13.2 Å². The van der Waals surface area contributed by atoms with E-state index in [9.17, 15) is 4.79 Å². The second-order valence-electron chi connectivity index (χ2n) is 8.68. The van der Waals surface area contributed by atoms with Crippen LogP contribution in [0.1, 0.15) is 62.4 Å². The monoisotopic (exact) mass is 360 g/mol. The first-order valence-electron chi connectivity index (χ1n) is 9.58. The Labute approximate surface area is 155 Å². The molecule has 3 heteroatoms. The lowest BCUT2D eigenvalue weighted by atomic mass is 9.75. The molecule has 1 aliphatic carbocycles. The van der Waals surface area contributed by atoms with Crippen molar-refractivity contribution >= 4 is 21.6 Å². The van der Waals surface area contributed by atoms with Crippen LogP contribution in [-0.4, -0.2) is 35.9 Å². The molecule has 2 aliphatic rings. The lowest BCUT2D eigenvalue weighted by molar-refractivity contribution is 0.0827. The third-order valence-corrected chi connectivity index (χ3v) is 7.69. The molecule has 138 valence electrons. The van der Waals surface area contributed by atoms with Gasteiger partial charge in [-0.1, -0.05) is 57.3 Å². The second kappa shape index (κ2) is 7.75. The molecule has 0 bridgehead atoms. The van der Waals surface area contributed by atoms with Gasteiger partial charge in [-0.25, -0.2) is 0 Å². The van der Waals surface area contributed by atoms with Gasteiger partial charge in [0.15, 0.2) is 5.78 Å². The first-order chi connectivity index (χ1) is 11.9. The van der Waals surface area contributed by atoms with Crippen LogP contribution in [0.5, 0.6) is 0 Å². The van der Waals surface area contributed by atoms with E-state index in [1.54, 1.807) is 0 Å². The molecule has 1 saturated carbocycles. The van der Waals surface area contributed by atoms with Crippen LogP contribution in [0.25, 0.3) is 0 Å². The van der Waals surface area contributed by atoms with Crippen molar-refractivity contribution in [3.05, 3.63) is 35.4 Å². The zero-order valence-corrected chi connectivity index (χ0v) is 16.9. The molecule has 3 unspecified atom stereocenters. The number of carbonyl (C=O) groups excluding carboxylic acids is 1. The maximum atomic E-state index is 13.2. The Morgan fingerprint density at radius 1 is 1.24 bits per heavy atom. The number of carbonyl (C=O) groups is 1. The van der Waals surface area contributed by atoms with Crippen molar-refractivity contribution < 1.29 is 9.53 Å². The van der Waals surface area contributed by atoms with E-state index in [0.29, 0.717) is 22.2 Å². The summed E-state index contributed by atoms with van der Waals surface area (Å²) in [5, 5.41) is 2.41. The lowest BCUT2D eigenvalue weighted by Gasteiger charge is -2.29. The second-order valence-corrected chi connectivity index (χ2v) is 10.9. The van der Waals surface area contributed by atoms with Crippen LogP contribution in [0.3, 0.4) is 0 Å². The van der Waals surface area contributed by atoms with Crippen molar-refractivity contribution in [1.82, 2.24) is 0 Å². The van der Waals surface area contributed by atoms with Gasteiger partial charge in [-0.2, -0.15) is 10.5 Å². The fourth-order valence-electron chi connectivity index (χ4n) is 3.67. The number of Topliss-reactive ketones (excluding diaryl/α,β-unsaturated/α-hetero) is 1. The van der Waals surface area contributed by atoms with E-state index in [1.807, 2.05) is 0 Å². The highest BCUT2D eigenvalue weighted by Gasteiger charge is 2.34. The van der Waals surface area contributed by atoms with Gasteiger partial charge in [0, 0.05) is 23.0 Å². The fraction of sp³-hybridized carbons (Fsp3) is 0.636. The van der Waals surface area contributed by atoms with Gasteiger partial charge in [-0.05, 0) is 35.7 Å². The van der Waals surface area contributed by atoms with Crippen LogP contribution in [-0.2, 0) is 4.74 Å². The van der Waals surface area contributed by atoms with Gasteiger partial charge in [0.25, 0.3) is 0 Å². The summed E-state index contributed by atoms with van der Waals surface area (Å²) < 4.78 is 5.45. The topological polar surface area (TPSA) is 26.3 Å². The minimum Gasteiger partial charge on any atom is -0.380 e. The van der Waals surface area contributed by atoms with Crippen LogP contribution < -0.4 is 0 Å². The van der Waals surface area contributed by atoms with Crippen molar-refractivity contribution in [3.8, 4) is 0 Å². The molecule has 0 aromatic heterocycles. The fourth-order valence-corrected chi connectivity index (χ4v) is 5.34. The molecule has 1 aromatic rings. The first kappa shape index (κ1) is 18.8. The summed E-state index contributed by atoms with van der Waals surface area (Å²) in [7, 11) is 0.319. The van der Waals surface area contributed by atoms with Crippen LogP contribution in [0.4, 0.5) is 0 Å². The maximum absolute atomic E-state index is 13.2. The number of benzene rings is 1. The molecule has 1 heterocycles. The van der Waals surface area contributed by atoms with Crippen LogP contribution in [0.15, 0.2) is 24.3 Å². The predicted molar refractivity (Wildman–Crippen MR) is 109 cm³/mol. The quantitative estimate of drug-likeness (QED) is 0.536. The summed E-state index contributed by atoms with van der Waals surface area (Å²) >= 11 is 0. The van der Waals surface area contributed by atoms with Gasteiger partial charge in [-0.15, -0.1) is 0 Å². The highest BCUT2D eigenvalue weighted by Crippen LogP contribution is 2.46. The Bertz CT molecular complexity index is 631. The molecule has 2 nitrogen and oxygen atoms in total. The molecule has 0 radical (unpaired) electrons. The summed E-state index contributed by atoms with van der Waals surface area (Å²) in [6, 6.07) is 8.45. The molecule has 0 N–H and O–H groups in total. The molecule has 1 saturated heterocycles. The average molecular weight is 361 g/mol. The van der Waals surface area contributed by atoms with Crippen LogP contribution in [0, 0.1) is 17.3 Å². The van der Waals surface area contributed by atoms with Crippen molar-refractivity contribution in [2.24, 2.45) is 17.3 Å². The number of ketones is 1.